The summed E-state index contributed by atoms with van der Waals surface area (Å²) in [6, 6.07) is -1.55. The van der Waals surface area contributed by atoms with Crippen molar-refractivity contribution in [3.63, 3.8) is 0 Å². The Morgan fingerprint density at radius 2 is 1.24 bits per heavy atom. The second-order valence-electron chi connectivity index (χ2n) is 20.3. The van der Waals surface area contributed by atoms with Crippen LogP contribution in [0.25, 0.3) is 0 Å². The van der Waals surface area contributed by atoms with E-state index in [2.05, 4.69) is 5.32 Å². The molecular formula is C53H84N2O17. The van der Waals surface area contributed by atoms with E-state index in [1.165, 1.54) is 0 Å². The molecule has 4 aliphatic rings. The van der Waals surface area contributed by atoms with Crippen LogP contribution in [0.5, 0.6) is 0 Å². The number of carbonyl (C=O) groups is 2. The molecule has 1 unspecified atom stereocenters. The fourth-order valence-corrected chi connectivity index (χ4v) is 9.58. The third kappa shape index (κ3) is 20.0. The van der Waals surface area contributed by atoms with Gasteiger partial charge in [-0.25, -0.2) is 0 Å². The van der Waals surface area contributed by atoms with Crippen molar-refractivity contribution < 1.29 is 84.7 Å². The Balaban J connectivity index is 1.61. The summed E-state index contributed by atoms with van der Waals surface area (Å²) in [4.78, 5) is 26.8. The van der Waals surface area contributed by atoms with Gasteiger partial charge in [-0.1, -0.05) is 98.9 Å². The first-order chi connectivity index (χ1) is 34.1. The average Bonchev–Trinajstić information content (AvgIpc) is 3.30. The number of fused-ring (bicyclic) bond motifs is 2. The summed E-state index contributed by atoms with van der Waals surface area (Å²) < 4.78 is 23.8. The van der Waals surface area contributed by atoms with Crippen LogP contribution in [0.4, 0.5) is 0 Å². The molecule has 2 bridgehead atoms. The van der Waals surface area contributed by atoms with Gasteiger partial charge < -0.3 is 86.2 Å². The molecular weight excluding hydrogens is 937 g/mol. The van der Waals surface area contributed by atoms with E-state index < -0.39 is 159 Å². The van der Waals surface area contributed by atoms with E-state index in [0.29, 0.717) is 25.7 Å². The summed E-state index contributed by atoms with van der Waals surface area (Å²) in [6.07, 6.45) is 5.97. The number of carbonyl (C=O) groups excluding carboxylic acids is 2. The third-order valence-corrected chi connectivity index (χ3v) is 14.0. The Bertz CT molecular complexity index is 1860. The fourth-order valence-electron chi connectivity index (χ4n) is 9.58. The molecule has 0 aromatic heterocycles. The van der Waals surface area contributed by atoms with E-state index in [4.69, 9.17) is 24.7 Å². The van der Waals surface area contributed by atoms with E-state index >= 15 is 0 Å². The predicted octanol–water partition coefficient (Wildman–Crippen LogP) is 1.05. The number of aliphatic hydroxyl groups is 11. The maximum absolute atomic E-state index is 14.1. The molecule has 14 N–H and O–H groups in total. The van der Waals surface area contributed by atoms with Crippen molar-refractivity contribution in [3.05, 3.63) is 85.1 Å². The zero-order valence-electron chi connectivity index (χ0n) is 42.1. The smallest absolute Gasteiger partial charge is 0.308 e. The van der Waals surface area contributed by atoms with Crippen molar-refractivity contribution in [3.8, 4) is 0 Å². The van der Waals surface area contributed by atoms with E-state index in [-0.39, 0.29) is 31.6 Å². The van der Waals surface area contributed by atoms with Crippen LogP contribution >= 0.6 is 0 Å². The van der Waals surface area contributed by atoms with Crippen molar-refractivity contribution in [2.24, 2.45) is 23.5 Å². The second-order valence-corrected chi connectivity index (χ2v) is 20.3. The molecule has 19 nitrogen and oxygen atoms in total. The molecule has 1 aliphatic carbocycles. The van der Waals surface area contributed by atoms with Gasteiger partial charge in [-0.15, -0.1) is 0 Å². The normalized spacial score (nSPS) is 45.5. The van der Waals surface area contributed by atoms with Crippen molar-refractivity contribution in [1.82, 2.24) is 5.32 Å². The zero-order chi connectivity index (χ0) is 53.1. The second kappa shape index (κ2) is 30.2. The maximum atomic E-state index is 14.1. The summed E-state index contributed by atoms with van der Waals surface area (Å²) in [6.45, 7) is 6.79. The molecule has 3 heterocycles. The van der Waals surface area contributed by atoms with Crippen LogP contribution in [0.3, 0.4) is 0 Å². The third-order valence-electron chi connectivity index (χ3n) is 14.0. The predicted molar refractivity (Wildman–Crippen MR) is 266 cm³/mol. The monoisotopic (exact) mass is 1020 g/mol. The van der Waals surface area contributed by atoms with Gasteiger partial charge >= 0.3 is 5.97 Å². The Morgan fingerprint density at radius 3 is 1.86 bits per heavy atom. The van der Waals surface area contributed by atoms with Gasteiger partial charge in [0, 0.05) is 43.6 Å². The number of hydrogen-bond acceptors (Lipinski definition) is 18. The number of aliphatic hydroxyl groups excluding tert-OH is 10. The van der Waals surface area contributed by atoms with Gasteiger partial charge in [0.25, 0.3) is 0 Å². The lowest BCUT2D eigenvalue weighted by atomic mass is 9.81. The SMILES string of the molecule is C[C@@H]1[C@H](O)[C@@H](C)/C=C/C=C/C=C/C=C/C=C/C=C/C=C/[C@H](O[C@@H]2O[C@H](C)[C@@H](O)[C@H](N)[C@@H]2O)C[C@@H]2O[C@](O)(C[C@@H](O)C[C@@H](O)[C@H](O)CC[C@@H](O)C[C@@H](O)CC(=O)O[C@H]1C)C[C@H](O)[C@H]2C(=O)NC1CCC[C@@H](O)C1. The van der Waals surface area contributed by atoms with Crippen LogP contribution in [0.15, 0.2) is 85.1 Å². The minimum absolute atomic E-state index is 0.100. The van der Waals surface area contributed by atoms with Crippen LogP contribution in [0.1, 0.15) is 105 Å². The number of hydrogen-bond donors (Lipinski definition) is 13. The van der Waals surface area contributed by atoms with Crippen molar-refractivity contribution in [2.75, 3.05) is 0 Å². The maximum Gasteiger partial charge on any atom is 0.308 e. The van der Waals surface area contributed by atoms with Gasteiger partial charge in [0.05, 0.1) is 91.6 Å². The van der Waals surface area contributed by atoms with Gasteiger partial charge in [-0.05, 0) is 58.8 Å². The minimum atomic E-state index is -2.29. The molecule has 0 spiro atoms. The number of nitrogens with two attached hydrogens (primary N) is 1. The van der Waals surface area contributed by atoms with Crippen molar-refractivity contribution in [2.45, 2.75) is 214 Å². The van der Waals surface area contributed by atoms with Gasteiger partial charge in [0.1, 0.15) is 12.2 Å². The van der Waals surface area contributed by atoms with E-state index in [9.17, 15) is 65.8 Å². The average molecular weight is 1020 g/mol. The summed E-state index contributed by atoms with van der Waals surface area (Å²) in [5.74, 6) is -5.68. The molecule has 4 rings (SSSR count). The Labute approximate surface area is 423 Å². The molecule has 0 aromatic carbocycles. The summed E-state index contributed by atoms with van der Waals surface area (Å²) in [7, 11) is 0. The Morgan fingerprint density at radius 1 is 0.639 bits per heavy atom. The number of nitrogens with one attached hydrogen (secondary N) is 1. The first kappa shape index (κ1) is 61.1. The Hall–Kier alpha value is -3.48. The molecule has 1 saturated carbocycles. The van der Waals surface area contributed by atoms with Gasteiger partial charge in [-0.2, -0.15) is 0 Å². The lowest BCUT2D eigenvalue weighted by Gasteiger charge is -2.46. The van der Waals surface area contributed by atoms with Crippen molar-refractivity contribution in [1.29, 1.82) is 0 Å². The molecule has 2 saturated heterocycles. The van der Waals surface area contributed by atoms with Gasteiger partial charge in [-0.3, -0.25) is 9.59 Å². The van der Waals surface area contributed by atoms with Crippen LogP contribution in [0.2, 0.25) is 0 Å². The molecule has 19 heteroatoms. The molecule has 408 valence electrons. The molecule has 0 aromatic rings. The molecule has 0 radical (unpaired) electrons. The molecule has 3 aliphatic heterocycles. The lowest BCUT2D eigenvalue weighted by Crippen LogP contribution is -2.62. The minimum Gasteiger partial charge on any atom is -0.462 e. The van der Waals surface area contributed by atoms with E-state index in [0.717, 1.165) is 0 Å². The molecule has 1 amide bonds. The Kier molecular flexibility index (Phi) is 25.6. The highest BCUT2D eigenvalue weighted by Gasteiger charge is 2.51. The highest BCUT2D eigenvalue weighted by molar-refractivity contribution is 5.80. The topological polar surface area (TPSA) is 332 Å². The molecule has 3 fully saturated rings. The zero-order valence-corrected chi connectivity index (χ0v) is 42.1. The van der Waals surface area contributed by atoms with Crippen LogP contribution < -0.4 is 11.1 Å². The van der Waals surface area contributed by atoms with Crippen LogP contribution in [-0.2, 0) is 28.5 Å². The van der Waals surface area contributed by atoms with Gasteiger partial charge in [0.15, 0.2) is 12.1 Å². The van der Waals surface area contributed by atoms with Crippen molar-refractivity contribution >= 4 is 11.9 Å². The number of esters is 1. The van der Waals surface area contributed by atoms with Crippen LogP contribution in [0, 0.1) is 17.8 Å². The number of cyclic esters (lactones) is 1. The standard InChI is InChI=1S/C53H84N2O17/c1-31-18-15-13-11-9-7-5-6-8-10-12-14-16-21-40(71-52-50(66)47(54)49(65)34(4)70-52)28-44-46(51(67)55-35-19-17-20-36(56)24-35)43(62)30-53(68,72-44)29-39(59)26-42(61)41(60)23-22-37(57)25-38(58)27-45(63)69-33(3)32(2)48(31)64/h5-16,18,21,31-44,46-50,52,56-62,64-66,68H,17,19-20,22-30,54H2,1-4H3,(H,55,67)/b6-5+,9-7+,10-8+,13-11+,14-12+,18-15+,21-16+/t31-,32-,33-,34+,35?,36+,37+,38+,39-,40-,41+,42+,43-,44-,46+,47-,48+,49+,50-,52-,53+/m0/s1. The number of ether oxygens (including phenoxy) is 4. The number of rotatable bonds is 4. The summed E-state index contributed by atoms with van der Waals surface area (Å²) in [5, 5.41) is 123. The quantitative estimate of drug-likeness (QED) is 0.175. The largest absolute Gasteiger partial charge is 0.462 e. The van der Waals surface area contributed by atoms with Crippen LogP contribution in [-0.4, -0.2) is 178 Å². The summed E-state index contributed by atoms with van der Waals surface area (Å²) in [5.41, 5.74) is 6.12. The van der Waals surface area contributed by atoms with E-state index in [1.54, 1.807) is 69.4 Å². The summed E-state index contributed by atoms with van der Waals surface area (Å²) >= 11 is 0. The fraction of sp³-hybridized carbons (Fsp3) is 0.698. The van der Waals surface area contributed by atoms with E-state index in [1.807, 2.05) is 43.4 Å². The van der Waals surface area contributed by atoms with Gasteiger partial charge in [0.2, 0.25) is 5.91 Å². The highest BCUT2D eigenvalue weighted by Crippen LogP contribution is 2.38. The molecule has 72 heavy (non-hydrogen) atoms. The molecule has 21 atom stereocenters. The number of amides is 1. The first-order valence-electron chi connectivity index (χ1n) is 25.5. The number of allylic oxidation sites excluding steroid dienone is 12. The highest BCUT2D eigenvalue weighted by atomic mass is 16.7. The first-order valence-corrected chi connectivity index (χ1v) is 25.5. The lowest BCUT2D eigenvalue weighted by molar-refractivity contribution is -0.307.